The second-order valence-electron chi connectivity index (χ2n) is 5.75. The van der Waals surface area contributed by atoms with Crippen molar-refractivity contribution in [3.8, 4) is 0 Å². The summed E-state index contributed by atoms with van der Waals surface area (Å²) in [5.41, 5.74) is 3.85. The summed E-state index contributed by atoms with van der Waals surface area (Å²) in [5.74, 6) is 0. The second-order valence-corrected chi connectivity index (χ2v) is 5.75. The Morgan fingerprint density at radius 3 is 1.74 bits per heavy atom. The minimum Gasteiger partial charge on any atom is -0.294 e. The molecule has 0 amide bonds. The van der Waals surface area contributed by atoms with E-state index in [2.05, 4.69) is 82.7 Å². The Labute approximate surface area is 138 Å². The van der Waals surface area contributed by atoms with E-state index in [1.807, 2.05) is 12.3 Å². The van der Waals surface area contributed by atoms with Gasteiger partial charge in [-0.3, -0.25) is 9.88 Å². The molecule has 2 nitrogen and oxygen atoms in total. The first kappa shape index (κ1) is 15.4. The minimum absolute atomic E-state index is 0.961. The van der Waals surface area contributed by atoms with E-state index >= 15 is 0 Å². The van der Waals surface area contributed by atoms with Crippen LogP contribution < -0.4 is 0 Å². The van der Waals surface area contributed by atoms with Gasteiger partial charge in [0.05, 0.1) is 0 Å². The molecule has 0 aliphatic rings. The summed E-state index contributed by atoms with van der Waals surface area (Å²) in [4.78, 5) is 6.92. The van der Waals surface area contributed by atoms with Crippen molar-refractivity contribution in [2.24, 2.45) is 0 Å². The second kappa shape index (κ2) is 8.25. The first-order chi connectivity index (χ1) is 11.4. The van der Waals surface area contributed by atoms with Gasteiger partial charge in [0.25, 0.3) is 0 Å². The molecule has 0 fully saturated rings. The predicted molar refractivity (Wildman–Crippen MR) is 94.9 cm³/mol. The Bertz CT molecular complexity index is 639. The summed E-state index contributed by atoms with van der Waals surface area (Å²) < 4.78 is 0. The van der Waals surface area contributed by atoms with E-state index in [0.717, 1.165) is 31.7 Å². The molecule has 23 heavy (non-hydrogen) atoms. The minimum atomic E-state index is 0.961. The van der Waals surface area contributed by atoms with Crippen LogP contribution >= 0.6 is 0 Å². The topological polar surface area (TPSA) is 16.1 Å². The highest BCUT2D eigenvalue weighted by Crippen LogP contribution is 2.11. The van der Waals surface area contributed by atoms with Gasteiger partial charge in [-0.25, -0.2) is 0 Å². The number of pyridine rings is 1. The third-order valence-electron chi connectivity index (χ3n) is 3.91. The zero-order chi connectivity index (χ0) is 15.7. The summed E-state index contributed by atoms with van der Waals surface area (Å²) >= 11 is 0. The lowest BCUT2D eigenvalue weighted by Crippen LogP contribution is -2.25. The molecule has 116 valence electrons. The van der Waals surface area contributed by atoms with Gasteiger partial charge in [-0.05, 0) is 23.3 Å². The van der Waals surface area contributed by atoms with E-state index in [-0.39, 0.29) is 0 Å². The molecule has 0 atom stereocenters. The van der Waals surface area contributed by atoms with Crippen LogP contribution in [0.4, 0.5) is 0 Å². The lowest BCUT2D eigenvalue weighted by molar-refractivity contribution is 0.259. The maximum Gasteiger partial charge on any atom is 0.0416 e. The fourth-order valence-electron chi connectivity index (χ4n) is 2.72. The van der Waals surface area contributed by atoms with Crippen LogP contribution in [0.3, 0.4) is 0 Å². The molecule has 0 spiro atoms. The van der Waals surface area contributed by atoms with Gasteiger partial charge in [0, 0.05) is 37.9 Å². The Balaban J connectivity index is 1.67. The highest BCUT2D eigenvalue weighted by atomic mass is 15.1. The third-order valence-corrected chi connectivity index (χ3v) is 3.91. The van der Waals surface area contributed by atoms with Crippen LogP contribution in [-0.4, -0.2) is 16.4 Å². The molecule has 0 radical (unpaired) electrons. The van der Waals surface area contributed by atoms with Gasteiger partial charge >= 0.3 is 0 Å². The Morgan fingerprint density at radius 1 is 0.652 bits per heavy atom. The van der Waals surface area contributed by atoms with Gasteiger partial charge in [-0.15, -0.1) is 0 Å². The summed E-state index contributed by atoms with van der Waals surface area (Å²) in [7, 11) is 0. The van der Waals surface area contributed by atoms with Crippen molar-refractivity contribution in [2.45, 2.75) is 19.5 Å². The fraction of sp³-hybridized carbons (Fsp3) is 0.190. The van der Waals surface area contributed by atoms with Crippen LogP contribution in [0, 0.1) is 0 Å². The van der Waals surface area contributed by atoms with E-state index in [1.54, 1.807) is 0 Å². The third kappa shape index (κ3) is 5.04. The largest absolute Gasteiger partial charge is 0.294 e. The van der Waals surface area contributed by atoms with Crippen LogP contribution in [0.5, 0.6) is 0 Å². The Morgan fingerprint density at radius 2 is 1.22 bits per heavy atom. The Hall–Kier alpha value is -2.45. The molecular formula is C21H22N2. The molecule has 0 saturated carbocycles. The smallest absolute Gasteiger partial charge is 0.0416 e. The van der Waals surface area contributed by atoms with Crippen molar-refractivity contribution in [3.63, 3.8) is 0 Å². The summed E-state index contributed by atoms with van der Waals surface area (Å²) in [6.07, 6.45) is 2.84. The van der Waals surface area contributed by atoms with Crippen molar-refractivity contribution in [2.75, 3.05) is 6.54 Å². The molecular weight excluding hydrogens is 280 g/mol. The van der Waals surface area contributed by atoms with Crippen LogP contribution in [0.1, 0.15) is 16.8 Å². The van der Waals surface area contributed by atoms with Crippen molar-refractivity contribution in [1.29, 1.82) is 0 Å². The van der Waals surface area contributed by atoms with Crippen LogP contribution in [0.15, 0.2) is 85.1 Å². The van der Waals surface area contributed by atoms with Gasteiger partial charge in [-0.2, -0.15) is 0 Å². The maximum atomic E-state index is 4.44. The van der Waals surface area contributed by atoms with Crippen molar-refractivity contribution >= 4 is 0 Å². The average molecular weight is 302 g/mol. The monoisotopic (exact) mass is 302 g/mol. The van der Waals surface area contributed by atoms with Gasteiger partial charge in [-0.1, -0.05) is 66.7 Å². The summed E-state index contributed by atoms with van der Waals surface area (Å²) in [6.45, 7) is 2.92. The molecule has 3 rings (SSSR count). The summed E-state index contributed by atoms with van der Waals surface area (Å²) in [5, 5.41) is 0. The maximum absolute atomic E-state index is 4.44. The van der Waals surface area contributed by atoms with Crippen molar-refractivity contribution < 1.29 is 0 Å². The highest BCUT2D eigenvalue weighted by Gasteiger charge is 2.08. The fourth-order valence-corrected chi connectivity index (χ4v) is 2.72. The van der Waals surface area contributed by atoms with Gasteiger partial charge in [0.2, 0.25) is 0 Å². The molecule has 0 aliphatic carbocycles. The predicted octanol–water partition coefficient (Wildman–Crippen LogP) is 4.33. The van der Waals surface area contributed by atoms with Gasteiger partial charge in [0.1, 0.15) is 0 Å². The number of nitrogens with zero attached hydrogens (tertiary/aromatic N) is 2. The molecule has 0 saturated heterocycles. The number of benzene rings is 2. The zero-order valence-corrected chi connectivity index (χ0v) is 13.3. The van der Waals surface area contributed by atoms with Gasteiger partial charge < -0.3 is 0 Å². The number of hydrogen-bond donors (Lipinski definition) is 0. The average Bonchev–Trinajstić information content (AvgIpc) is 2.62. The Kier molecular flexibility index (Phi) is 5.54. The molecule has 1 heterocycles. The molecule has 3 aromatic rings. The first-order valence-corrected chi connectivity index (χ1v) is 8.10. The van der Waals surface area contributed by atoms with E-state index in [4.69, 9.17) is 0 Å². The quantitative estimate of drug-likeness (QED) is 0.646. The van der Waals surface area contributed by atoms with E-state index in [1.165, 1.54) is 11.1 Å². The number of rotatable bonds is 7. The summed E-state index contributed by atoms with van der Waals surface area (Å²) in [6, 6.07) is 27.5. The van der Waals surface area contributed by atoms with E-state index < -0.39 is 0 Å². The number of hydrogen-bond acceptors (Lipinski definition) is 2. The number of aromatic nitrogens is 1. The van der Waals surface area contributed by atoms with Crippen molar-refractivity contribution in [3.05, 3.63) is 102 Å². The van der Waals surface area contributed by atoms with Crippen LogP contribution in [-0.2, 0) is 19.5 Å². The van der Waals surface area contributed by atoms with Crippen LogP contribution in [0.2, 0.25) is 0 Å². The molecule has 0 bridgehead atoms. The lowest BCUT2D eigenvalue weighted by Gasteiger charge is -2.22. The zero-order valence-electron chi connectivity index (χ0n) is 13.3. The SMILES string of the molecule is c1ccc(CN(CCc2ccccn2)Cc2ccccc2)cc1. The molecule has 2 heteroatoms. The van der Waals surface area contributed by atoms with E-state index in [0.29, 0.717) is 0 Å². The first-order valence-electron chi connectivity index (χ1n) is 8.10. The van der Waals surface area contributed by atoms with Gasteiger partial charge in [0.15, 0.2) is 0 Å². The standard InChI is InChI=1S/C21H22N2/c1-3-9-19(10-4-1)17-23(18-20-11-5-2-6-12-20)16-14-21-13-7-8-15-22-21/h1-13,15H,14,16-18H2. The van der Waals surface area contributed by atoms with Crippen molar-refractivity contribution in [1.82, 2.24) is 9.88 Å². The normalized spacial score (nSPS) is 10.8. The van der Waals surface area contributed by atoms with E-state index in [9.17, 15) is 0 Å². The molecule has 0 N–H and O–H groups in total. The highest BCUT2D eigenvalue weighted by molar-refractivity contribution is 5.17. The molecule has 0 unspecified atom stereocenters. The molecule has 2 aromatic carbocycles. The molecule has 0 aliphatic heterocycles. The molecule has 1 aromatic heterocycles. The van der Waals surface area contributed by atoms with Crippen LogP contribution in [0.25, 0.3) is 0 Å². The lowest BCUT2D eigenvalue weighted by atomic mass is 10.1.